The number of hydrogen-bond donors (Lipinski definition) is 4. The van der Waals surface area contributed by atoms with Crippen molar-refractivity contribution < 1.29 is 27.3 Å². The summed E-state index contributed by atoms with van der Waals surface area (Å²) in [5.41, 5.74) is 1.42. The number of piperazine rings is 1. The fourth-order valence-corrected chi connectivity index (χ4v) is 6.06. The molecule has 17 heteroatoms. The maximum absolute atomic E-state index is 12.8. The van der Waals surface area contributed by atoms with E-state index in [-0.39, 0.29) is 12.5 Å². The summed E-state index contributed by atoms with van der Waals surface area (Å²) in [6.07, 6.45) is 1.49. The van der Waals surface area contributed by atoms with Gasteiger partial charge in [0.15, 0.2) is 5.13 Å². The van der Waals surface area contributed by atoms with Crippen LogP contribution >= 0.6 is 22.9 Å². The van der Waals surface area contributed by atoms with Crippen LogP contribution in [0.3, 0.4) is 0 Å². The molecule has 0 saturated carbocycles. The first-order valence-corrected chi connectivity index (χ1v) is 16.1. The van der Waals surface area contributed by atoms with E-state index >= 15 is 0 Å². The molecule has 4 rings (SSSR count). The van der Waals surface area contributed by atoms with Crippen molar-refractivity contribution in [2.75, 3.05) is 67.7 Å². The lowest BCUT2D eigenvalue weighted by Gasteiger charge is -2.35. The zero-order valence-electron chi connectivity index (χ0n) is 23.8. The monoisotopic (exact) mass is 652 g/mol. The van der Waals surface area contributed by atoms with E-state index in [1.165, 1.54) is 24.6 Å². The fraction of sp³-hybridized carbons (Fsp3) is 0.423. The average Bonchev–Trinajstić information content (AvgIpc) is 3.41. The van der Waals surface area contributed by atoms with Crippen LogP contribution in [0.2, 0.25) is 5.02 Å². The van der Waals surface area contributed by atoms with Gasteiger partial charge in [0.05, 0.1) is 16.9 Å². The van der Waals surface area contributed by atoms with Crippen molar-refractivity contribution in [3.63, 3.8) is 0 Å². The molecule has 0 bridgehead atoms. The average molecular weight is 653 g/mol. The minimum Gasteiger partial charge on any atom is -0.463 e. The van der Waals surface area contributed by atoms with Crippen molar-refractivity contribution >= 4 is 67.4 Å². The van der Waals surface area contributed by atoms with Gasteiger partial charge in [-0.25, -0.2) is 15.0 Å². The highest BCUT2D eigenvalue weighted by molar-refractivity contribution is 7.85. The number of rotatable bonds is 12. The predicted molar refractivity (Wildman–Crippen MR) is 165 cm³/mol. The third-order valence-corrected chi connectivity index (χ3v) is 8.59. The molecular weight excluding hydrogens is 620 g/mol. The number of anilines is 4. The number of benzene rings is 1. The Morgan fingerprint density at radius 2 is 1.93 bits per heavy atom. The minimum absolute atomic E-state index is 0.0923. The van der Waals surface area contributed by atoms with E-state index in [0.29, 0.717) is 65.1 Å². The third-order valence-electron chi connectivity index (χ3n) is 6.61. The third kappa shape index (κ3) is 9.29. The van der Waals surface area contributed by atoms with Crippen LogP contribution < -0.4 is 20.9 Å². The van der Waals surface area contributed by atoms with Crippen molar-refractivity contribution in [1.82, 2.24) is 25.2 Å². The van der Waals surface area contributed by atoms with E-state index in [4.69, 9.17) is 20.9 Å². The number of likely N-dealkylation sites (N-methyl/N-ethyl adjacent to an activating group) is 1. The molecule has 1 fully saturated rings. The highest BCUT2D eigenvalue weighted by atomic mass is 35.5. The molecular formula is C26H33ClN8O6S2. The zero-order valence-corrected chi connectivity index (χ0v) is 26.2. The van der Waals surface area contributed by atoms with Gasteiger partial charge in [0.1, 0.15) is 40.7 Å². The van der Waals surface area contributed by atoms with Crippen molar-refractivity contribution in [2.24, 2.45) is 0 Å². The number of hydrogen-bond acceptors (Lipinski definition) is 13. The first-order chi connectivity index (χ1) is 20.4. The predicted octanol–water partition coefficient (Wildman–Crippen LogP) is 2.34. The Hall–Kier alpha value is -3.41. The van der Waals surface area contributed by atoms with Crippen LogP contribution in [-0.4, -0.2) is 103 Å². The lowest BCUT2D eigenvalue weighted by Crippen LogP contribution is -2.48. The second kappa shape index (κ2) is 14.4. The Balaban J connectivity index is 1.29. The summed E-state index contributed by atoms with van der Waals surface area (Å²) in [4.78, 5) is 43.0. The van der Waals surface area contributed by atoms with Crippen LogP contribution in [0.25, 0.3) is 0 Å². The maximum atomic E-state index is 12.8. The topological polar surface area (TPSA) is 179 Å². The fourth-order valence-electron chi connectivity index (χ4n) is 4.35. The molecule has 43 heavy (non-hydrogen) atoms. The van der Waals surface area contributed by atoms with Gasteiger partial charge in [-0.1, -0.05) is 35.1 Å². The molecule has 14 nitrogen and oxygen atoms in total. The summed E-state index contributed by atoms with van der Waals surface area (Å²) in [6.45, 7) is 6.98. The first-order valence-electron chi connectivity index (χ1n) is 13.3. The van der Waals surface area contributed by atoms with E-state index in [1.807, 2.05) is 25.1 Å². The van der Waals surface area contributed by atoms with Crippen LogP contribution in [0.1, 0.15) is 21.1 Å². The summed E-state index contributed by atoms with van der Waals surface area (Å²) >= 11 is 7.43. The lowest BCUT2D eigenvalue weighted by molar-refractivity contribution is -0.145. The van der Waals surface area contributed by atoms with Crippen molar-refractivity contribution in [1.29, 1.82) is 0 Å². The lowest BCUT2D eigenvalue weighted by atomic mass is 10.2. The number of ether oxygens (including phenoxy) is 1. The van der Waals surface area contributed by atoms with E-state index in [2.05, 4.69) is 40.7 Å². The quantitative estimate of drug-likeness (QED) is 0.166. The molecule has 1 aliphatic heterocycles. The molecule has 1 atom stereocenters. The van der Waals surface area contributed by atoms with Crippen LogP contribution in [0, 0.1) is 13.8 Å². The first kappa shape index (κ1) is 32.5. The molecule has 0 spiro atoms. The van der Waals surface area contributed by atoms with Crippen LogP contribution in [0.5, 0.6) is 0 Å². The van der Waals surface area contributed by atoms with Gasteiger partial charge in [0.25, 0.3) is 16.0 Å². The number of halogens is 1. The van der Waals surface area contributed by atoms with E-state index < -0.39 is 27.9 Å². The zero-order chi connectivity index (χ0) is 31.1. The van der Waals surface area contributed by atoms with Crippen molar-refractivity contribution in [2.45, 2.75) is 19.9 Å². The van der Waals surface area contributed by atoms with Gasteiger partial charge >= 0.3 is 5.97 Å². The highest BCUT2D eigenvalue weighted by Gasteiger charge is 2.25. The van der Waals surface area contributed by atoms with Gasteiger partial charge in [-0.2, -0.15) is 8.42 Å². The van der Waals surface area contributed by atoms with Gasteiger partial charge < -0.3 is 25.6 Å². The molecule has 0 radical (unpaired) electrons. The molecule has 1 aliphatic rings. The van der Waals surface area contributed by atoms with Gasteiger partial charge in [-0.15, -0.1) is 0 Å². The molecule has 1 aromatic carbocycles. The number of amides is 1. The normalized spacial score (nSPS) is 14.8. The number of para-hydroxylation sites is 1. The number of nitrogens with one attached hydrogen (secondary N) is 3. The van der Waals surface area contributed by atoms with Crippen LogP contribution in [-0.2, 0) is 19.6 Å². The van der Waals surface area contributed by atoms with Crippen molar-refractivity contribution in [3.8, 4) is 0 Å². The van der Waals surface area contributed by atoms with Crippen LogP contribution in [0.15, 0.2) is 30.5 Å². The maximum Gasteiger partial charge on any atom is 0.324 e. The van der Waals surface area contributed by atoms with Crippen molar-refractivity contribution in [3.05, 3.63) is 51.7 Å². The number of aryl methyl sites for hydroxylation is 2. The Bertz CT molecular complexity index is 1540. The molecule has 2 aromatic heterocycles. The smallest absolute Gasteiger partial charge is 0.324 e. The summed E-state index contributed by atoms with van der Waals surface area (Å²) < 4.78 is 36.3. The number of carbonyl (C=O) groups is 2. The number of thiazole rings is 1. The van der Waals surface area contributed by atoms with Gasteiger partial charge in [0.2, 0.25) is 0 Å². The highest BCUT2D eigenvalue weighted by Crippen LogP contribution is 2.28. The van der Waals surface area contributed by atoms with E-state index in [9.17, 15) is 18.0 Å². The Kier molecular flexibility index (Phi) is 10.9. The molecule has 0 unspecified atom stereocenters. The number of carbonyl (C=O) groups excluding carboxylic acids is 2. The number of nitrogens with zero attached hydrogens (tertiary/aromatic N) is 5. The van der Waals surface area contributed by atoms with Gasteiger partial charge in [0, 0.05) is 38.8 Å². The van der Waals surface area contributed by atoms with E-state index in [1.54, 1.807) is 13.0 Å². The largest absolute Gasteiger partial charge is 0.463 e. The Morgan fingerprint density at radius 1 is 1.19 bits per heavy atom. The second-order valence-electron chi connectivity index (χ2n) is 9.79. The molecule has 3 heterocycles. The Morgan fingerprint density at radius 3 is 2.60 bits per heavy atom. The molecule has 4 N–H and O–H groups in total. The van der Waals surface area contributed by atoms with Gasteiger partial charge in [-0.3, -0.25) is 19.0 Å². The summed E-state index contributed by atoms with van der Waals surface area (Å²) in [6, 6.07) is 6.09. The molecule has 1 saturated heterocycles. The SMILES string of the molecule is CN[C@@H](CS(=O)(=O)O)C(=O)OCCN1CCN(c2cc(Nc3ncc(C(=O)Nc4c(C)cccc4Cl)s3)nc(C)n2)CC1. The summed E-state index contributed by atoms with van der Waals surface area (Å²) in [7, 11) is -2.90. The van der Waals surface area contributed by atoms with Crippen LogP contribution in [0.4, 0.5) is 22.5 Å². The summed E-state index contributed by atoms with van der Waals surface area (Å²) in [5.74, 6) is 0.0595. The molecule has 232 valence electrons. The van der Waals surface area contributed by atoms with E-state index in [0.717, 1.165) is 11.4 Å². The Labute approximate surface area is 258 Å². The molecule has 0 aliphatic carbocycles. The number of esters is 1. The number of aromatic nitrogens is 3. The molecule has 3 aromatic rings. The standard InChI is InChI=1S/C26H33ClN8O6S2/c1-16-5-4-6-18(27)23(16)33-24(36)20-14-29-26(42-20)32-21-13-22(31-17(2)30-21)35-9-7-34(8-10-35)11-12-41-25(37)19(28-3)15-43(38,39)40/h4-6,13-14,19,28H,7-12,15H2,1-3H3,(H,33,36)(H,38,39,40)(H,29,30,31,32)/t19-/m0/s1. The second-order valence-corrected chi connectivity index (χ2v) is 12.7. The molecule has 1 amide bonds. The minimum atomic E-state index is -4.32. The van der Waals surface area contributed by atoms with Gasteiger partial charge in [-0.05, 0) is 32.5 Å². The summed E-state index contributed by atoms with van der Waals surface area (Å²) in [5, 5.41) is 9.51.